The predicted molar refractivity (Wildman–Crippen MR) is 71.7 cm³/mol. The van der Waals surface area contributed by atoms with Gasteiger partial charge in [0, 0.05) is 18.6 Å². The number of sulfonamides is 1. The average molecular weight is 286 g/mol. The highest BCUT2D eigenvalue weighted by molar-refractivity contribution is 7.89. The maximum Gasteiger partial charge on any atom is 0.243 e. The van der Waals surface area contributed by atoms with Gasteiger partial charge in [-0.25, -0.2) is 17.5 Å². The second-order valence-corrected chi connectivity index (χ2v) is 6.88. The second kappa shape index (κ2) is 5.56. The fraction of sp³-hybridized carbons (Fsp3) is 0.538. The summed E-state index contributed by atoms with van der Waals surface area (Å²) in [5.74, 6) is -0.705. The first-order valence-electron chi connectivity index (χ1n) is 6.42. The summed E-state index contributed by atoms with van der Waals surface area (Å²) in [6, 6.07) is 4.52. The van der Waals surface area contributed by atoms with Crippen molar-refractivity contribution < 1.29 is 12.8 Å². The third-order valence-corrected chi connectivity index (χ3v) is 4.54. The number of hydrogen-bond acceptors (Lipinski definition) is 3. The standard InChI is InChI=1S/C13H19FN2O2S/c1-9(2)16-19(17,18)13-6-3-10(7-12(13)14)8-15-11-4-5-11/h3,6-7,9,11,15-16H,4-5,8H2,1-2H3. The van der Waals surface area contributed by atoms with Gasteiger partial charge in [0.15, 0.2) is 0 Å². The molecule has 1 aliphatic carbocycles. The summed E-state index contributed by atoms with van der Waals surface area (Å²) < 4.78 is 40.0. The van der Waals surface area contributed by atoms with Crippen LogP contribution in [-0.4, -0.2) is 20.5 Å². The van der Waals surface area contributed by atoms with Gasteiger partial charge in [0.1, 0.15) is 10.7 Å². The van der Waals surface area contributed by atoms with Gasteiger partial charge in [0.2, 0.25) is 10.0 Å². The highest BCUT2D eigenvalue weighted by Gasteiger charge is 2.22. The molecule has 1 aliphatic rings. The summed E-state index contributed by atoms with van der Waals surface area (Å²) >= 11 is 0. The highest BCUT2D eigenvalue weighted by atomic mass is 32.2. The van der Waals surface area contributed by atoms with Crippen LogP contribution in [-0.2, 0) is 16.6 Å². The minimum atomic E-state index is -3.77. The Kier molecular flexibility index (Phi) is 4.23. The number of hydrogen-bond donors (Lipinski definition) is 2. The van der Waals surface area contributed by atoms with E-state index in [4.69, 9.17) is 0 Å². The van der Waals surface area contributed by atoms with E-state index in [0.717, 1.165) is 18.4 Å². The Hall–Kier alpha value is -0.980. The van der Waals surface area contributed by atoms with E-state index in [1.807, 2.05) is 0 Å². The van der Waals surface area contributed by atoms with Crippen LogP contribution in [0.4, 0.5) is 4.39 Å². The summed E-state index contributed by atoms with van der Waals surface area (Å²) in [6.07, 6.45) is 2.32. The second-order valence-electron chi connectivity index (χ2n) is 5.20. The molecule has 1 fully saturated rings. The molecule has 0 aliphatic heterocycles. The van der Waals surface area contributed by atoms with Crippen molar-refractivity contribution in [1.82, 2.24) is 10.0 Å². The molecular weight excluding hydrogens is 267 g/mol. The lowest BCUT2D eigenvalue weighted by molar-refractivity contribution is 0.547. The van der Waals surface area contributed by atoms with E-state index in [1.165, 1.54) is 12.1 Å². The lowest BCUT2D eigenvalue weighted by Gasteiger charge is -2.11. The zero-order chi connectivity index (χ0) is 14.0. The molecule has 0 bridgehead atoms. The van der Waals surface area contributed by atoms with Crippen LogP contribution < -0.4 is 10.0 Å². The topological polar surface area (TPSA) is 58.2 Å². The summed E-state index contributed by atoms with van der Waals surface area (Å²) in [6.45, 7) is 3.96. The number of halogens is 1. The van der Waals surface area contributed by atoms with Crippen molar-refractivity contribution in [1.29, 1.82) is 0 Å². The van der Waals surface area contributed by atoms with Gasteiger partial charge in [-0.3, -0.25) is 0 Å². The number of benzene rings is 1. The Morgan fingerprint density at radius 2 is 2.05 bits per heavy atom. The van der Waals surface area contributed by atoms with Gasteiger partial charge in [-0.05, 0) is 44.4 Å². The Bertz CT molecular complexity index is 554. The van der Waals surface area contributed by atoms with E-state index < -0.39 is 15.8 Å². The third kappa shape index (κ3) is 3.99. The Balaban J connectivity index is 2.13. The molecule has 0 unspecified atom stereocenters. The van der Waals surface area contributed by atoms with Gasteiger partial charge >= 0.3 is 0 Å². The molecular formula is C13H19FN2O2S. The van der Waals surface area contributed by atoms with Gasteiger partial charge in [-0.15, -0.1) is 0 Å². The van der Waals surface area contributed by atoms with Crippen LogP contribution in [0.2, 0.25) is 0 Å². The first-order valence-corrected chi connectivity index (χ1v) is 7.91. The van der Waals surface area contributed by atoms with Gasteiger partial charge in [-0.2, -0.15) is 0 Å². The summed E-state index contributed by atoms with van der Waals surface area (Å²) in [4.78, 5) is -0.295. The largest absolute Gasteiger partial charge is 0.310 e. The van der Waals surface area contributed by atoms with Crippen molar-refractivity contribution in [2.45, 2.75) is 50.2 Å². The van der Waals surface area contributed by atoms with E-state index in [-0.39, 0.29) is 10.9 Å². The molecule has 2 N–H and O–H groups in total. The minimum absolute atomic E-state index is 0.263. The number of rotatable bonds is 6. The molecule has 1 aromatic rings. The predicted octanol–water partition coefficient (Wildman–Crippen LogP) is 1.76. The smallest absolute Gasteiger partial charge is 0.243 e. The van der Waals surface area contributed by atoms with E-state index in [1.54, 1.807) is 19.9 Å². The summed E-state index contributed by atoms with van der Waals surface area (Å²) in [5, 5.41) is 3.26. The van der Waals surface area contributed by atoms with Crippen molar-refractivity contribution in [2.75, 3.05) is 0 Å². The first kappa shape index (κ1) is 14.4. The molecule has 0 radical (unpaired) electrons. The molecule has 6 heteroatoms. The minimum Gasteiger partial charge on any atom is -0.310 e. The van der Waals surface area contributed by atoms with Crippen LogP contribution in [0.1, 0.15) is 32.3 Å². The molecule has 4 nitrogen and oxygen atoms in total. The molecule has 19 heavy (non-hydrogen) atoms. The Morgan fingerprint density at radius 3 is 2.58 bits per heavy atom. The highest BCUT2D eigenvalue weighted by Crippen LogP contribution is 2.20. The van der Waals surface area contributed by atoms with Crippen molar-refractivity contribution in [3.63, 3.8) is 0 Å². The Labute approximate surface area is 113 Å². The lowest BCUT2D eigenvalue weighted by Crippen LogP contribution is -2.30. The summed E-state index contributed by atoms with van der Waals surface area (Å²) in [5.41, 5.74) is 0.757. The normalized spacial score (nSPS) is 16.0. The van der Waals surface area contributed by atoms with Crippen molar-refractivity contribution >= 4 is 10.0 Å². The molecule has 0 spiro atoms. The fourth-order valence-corrected chi connectivity index (χ4v) is 3.11. The molecule has 0 amide bonds. The molecule has 106 valence electrons. The molecule has 1 saturated carbocycles. The SMILES string of the molecule is CC(C)NS(=O)(=O)c1ccc(CNC2CC2)cc1F. The van der Waals surface area contributed by atoms with Gasteiger partial charge in [0.05, 0.1) is 0 Å². The van der Waals surface area contributed by atoms with E-state index >= 15 is 0 Å². The maximum atomic E-state index is 13.9. The number of nitrogens with one attached hydrogen (secondary N) is 2. The molecule has 0 atom stereocenters. The molecule has 0 saturated heterocycles. The Morgan fingerprint density at radius 1 is 1.37 bits per heavy atom. The van der Waals surface area contributed by atoms with Crippen LogP contribution in [0.15, 0.2) is 23.1 Å². The zero-order valence-electron chi connectivity index (χ0n) is 11.1. The third-order valence-electron chi connectivity index (χ3n) is 2.85. The molecule has 0 aromatic heterocycles. The zero-order valence-corrected chi connectivity index (χ0v) is 11.9. The summed E-state index contributed by atoms with van der Waals surface area (Å²) in [7, 11) is -3.77. The van der Waals surface area contributed by atoms with E-state index in [9.17, 15) is 12.8 Å². The monoisotopic (exact) mass is 286 g/mol. The van der Waals surface area contributed by atoms with E-state index in [2.05, 4.69) is 10.0 Å². The quantitative estimate of drug-likeness (QED) is 0.838. The van der Waals surface area contributed by atoms with Crippen LogP contribution in [0, 0.1) is 5.82 Å². The van der Waals surface area contributed by atoms with Crippen LogP contribution in [0.3, 0.4) is 0 Å². The van der Waals surface area contributed by atoms with Crippen LogP contribution >= 0.6 is 0 Å². The molecule has 2 rings (SSSR count). The maximum absolute atomic E-state index is 13.9. The van der Waals surface area contributed by atoms with Crippen molar-refractivity contribution in [2.24, 2.45) is 0 Å². The molecule has 1 aromatic carbocycles. The van der Waals surface area contributed by atoms with E-state index in [0.29, 0.717) is 12.6 Å². The van der Waals surface area contributed by atoms with Crippen molar-refractivity contribution in [3.05, 3.63) is 29.6 Å². The van der Waals surface area contributed by atoms with Crippen LogP contribution in [0.25, 0.3) is 0 Å². The van der Waals surface area contributed by atoms with Gasteiger partial charge in [-0.1, -0.05) is 6.07 Å². The van der Waals surface area contributed by atoms with Gasteiger partial charge in [0.25, 0.3) is 0 Å². The van der Waals surface area contributed by atoms with Gasteiger partial charge < -0.3 is 5.32 Å². The van der Waals surface area contributed by atoms with Crippen molar-refractivity contribution in [3.8, 4) is 0 Å². The first-order chi connectivity index (χ1) is 8.88. The molecule has 0 heterocycles. The average Bonchev–Trinajstić information content (AvgIpc) is 3.07. The lowest BCUT2D eigenvalue weighted by atomic mass is 10.2. The van der Waals surface area contributed by atoms with Crippen LogP contribution in [0.5, 0.6) is 0 Å². The fourth-order valence-electron chi connectivity index (χ4n) is 1.80.